The Bertz CT molecular complexity index is 1370. The van der Waals surface area contributed by atoms with Crippen molar-refractivity contribution in [1.82, 2.24) is 9.72 Å². The quantitative estimate of drug-likeness (QED) is 0.423. The van der Waals surface area contributed by atoms with Crippen molar-refractivity contribution in [2.45, 2.75) is 20.8 Å². The number of rotatable bonds is 4. The smallest absolute Gasteiger partial charge is 0.255 e. The molecule has 2 aromatic carbocycles. The first-order chi connectivity index (χ1) is 14.8. The zero-order chi connectivity index (χ0) is 22.3. The molecule has 0 fully saturated rings. The number of aromatic nitrogens is 2. The van der Waals surface area contributed by atoms with E-state index in [0.29, 0.717) is 11.3 Å². The highest BCUT2D eigenvalue weighted by atomic mass is 19.1. The molecule has 4 rings (SSSR count). The van der Waals surface area contributed by atoms with Gasteiger partial charge in [-0.1, -0.05) is 23.4 Å². The molecule has 0 saturated heterocycles. The van der Waals surface area contributed by atoms with Crippen LogP contribution in [0.3, 0.4) is 0 Å². The van der Waals surface area contributed by atoms with Crippen molar-refractivity contribution in [3.63, 3.8) is 0 Å². The van der Waals surface area contributed by atoms with Gasteiger partial charge >= 0.3 is 0 Å². The largest absolute Gasteiger partial charge is 0.355 e. The molecule has 7 heteroatoms. The van der Waals surface area contributed by atoms with Crippen LogP contribution < -0.4 is 5.56 Å². The molecule has 31 heavy (non-hydrogen) atoms. The fourth-order valence-corrected chi connectivity index (χ4v) is 3.65. The minimum atomic E-state index is -0.851. The zero-order valence-electron chi connectivity index (χ0n) is 17.1. The van der Waals surface area contributed by atoms with Gasteiger partial charge in [0, 0.05) is 30.8 Å². The van der Waals surface area contributed by atoms with Crippen LogP contribution in [0, 0.1) is 25.5 Å². The molecular weight excluding hydrogens is 402 g/mol. The average molecular weight is 420 g/mol. The fourth-order valence-electron chi connectivity index (χ4n) is 3.65. The second kappa shape index (κ2) is 7.75. The van der Waals surface area contributed by atoms with E-state index in [9.17, 15) is 18.4 Å². The topological polar surface area (TPSA) is 65.1 Å². The maximum atomic E-state index is 14.5. The Labute approximate surface area is 176 Å². The third-order valence-corrected chi connectivity index (χ3v) is 5.08. The SMILES string of the molecule is CC(=O)c1noc(-c2ccc(F)cc2F)c1-c1ccc(=O)n(-c2c(C)cccc2C)c1. The highest BCUT2D eigenvalue weighted by Crippen LogP contribution is 2.37. The average Bonchev–Trinajstić information content (AvgIpc) is 3.14. The molecule has 0 saturated carbocycles. The van der Waals surface area contributed by atoms with Gasteiger partial charge in [-0.2, -0.15) is 0 Å². The molecule has 0 aliphatic heterocycles. The summed E-state index contributed by atoms with van der Waals surface area (Å²) < 4.78 is 34.7. The maximum Gasteiger partial charge on any atom is 0.255 e. The molecule has 0 atom stereocenters. The van der Waals surface area contributed by atoms with Crippen LogP contribution in [0.1, 0.15) is 28.5 Å². The predicted molar refractivity (Wildman–Crippen MR) is 112 cm³/mol. The van der Waals surface area contributed by atoms with Crippen LogP contribution in [0.5, 0.6) is 0 Å². The first-order valence-electron chi connectivity index (χ1n) is 9.53. The van der Waals surface area contributed by atoms with Gasteiger partial charge in [-0.05, 0) is 43.2 Å². The van der Waals surface area contributed by atoms with E-state index >= 15 is 0 Å². The van der Waals surface area contributed by atoms with Crippen LogP contribution in [-0.4, -0.2) is 15.5 Å². The Kier molecular flexibility index (Phi) is 5.10. The first kappa shape index (κ1) is 20.4. The zero-order valence-corrected chi connectivity index (χ0v) is 17.1. The molecule has 0 spiro atoms. The molecule has 0 aliphatic carbocycles. The number of para-hydroxylation sites is 1. The monoisotopic (exact) mass is 420 g/mol. The van der Waals surface area contributed by atoms with Crippen LogP contribution in [0.2, 0.25) is 0 Å². The molecule has 0 bridgehead atoms. The van der Waals surface area contributed by atoms with Crippen LogP contribution in [-0.2, 0) is 0 Å². The number of pyridine rings is 1. The number of Topliss-reactive ketones (excluding diaryl/α,β-unsaturated/α-hetero) is 1. The Balaban J connectivity index is 2.00. The number of benzene rings is 2. The van der Waals surface area contributed by atoms with Crippen molar-refractivity contribution in [3.05, 3.63) is 93.5 Å². The second-order valence-corrected chi connectivity index (χ2v) is 7.28. The van der Waals surface area contributed by atoms with E-state index in [2.05, 4.69) is 5.16 Å². The van der Waals surface area contributed by atoms with E-state index in [-0.39, 0.29) is 28.1 Å². The number of carbonyl (C=O) groups excluding carboxylic acids is 1. The number of hydrogen-bond acceptors (Lipinski definition) is 4. The molecule has 0 amide bonds. The minimum Gasteiger partial charge on any atom is -0.355 e. The first-order valence-corrected chi connectivity index (χ1v) is 9.53. The number of nitrogens with zero attached hydrogens (tertiary/aromatic N) is 2. The Morgan fingerprint density at radius 2 is 1.74 bits per heavy atom. The molecule has 5 nitrogen and oxygen atoms in total. The maximum absolute atomic E-state index is 14.5. The third kappa shape index (κ3) is 3.59. The Morgan fingerprint density at radius 1 is 1.03 bits per heavy atom. The standard InChI is InChI=1S/C24H18F2N2O3/c1-13-5-4-6-14(2)23(13)28-12-16(7-10-20(28)30)21-22(15(3)29)27-31-24(21)18-9-8-17(25)11-19(18)26/h4-12H,1-3H3. The van der Waals surface area contributed by atoms with Gasteiger partial charge in [0.25, 0.3) is 5.56 Å². The van der Waals surface area contributed by atoms with Gasteiger partial charge in [-0.15, -0.1) is 0 Å². The predicted octanol–water partition coefficient (Wildman–Crippen LogP) is 5.26. The Hall–Kier alpha value is -3.87. The molecule has 4 aromatic rings. The summed E-state index contributed by atoms with van der Waals surface area (Å²) in [5.41, 5.74) is 2.85. The van der Waals surface area contributed by atoms with E-state index in [0.717, 1.165) is 23.3 Å². The lowest BCUT2D eigenvalue weighted by Gasteiger charge is -2.14. The van der Waals surface area contributed by atoms with Gasteiger partial charge in [0.1, 0.15) is 11.6 Å². The third-order valence-electron chi connectivity index (χ3n) is 5.08. The molecule has 0 unspecified atom stereocenters. The summed E-state index contributed by atoms with van der Waals surface area (Å²) in [4.78, 5) is 24.9. The summed E-state index contributed by atoms with van der Waals surface area (Å²) in [5.74, 6) is -2.00. The normalized spacial score (nSPS) is 11.0. The van der Waals surface area contributed by atoms with Crippen molar-refractivity contribution >= 4 is 5.78 Å². The number of hydrogen-bond donors (Lipinski definition) is 0. The fraction of sp³-hybridized carbons (Fsp3) is 0.125. The molecule has 0 radical (unpaired) electrons. The van der Waals surface area contributed by atoms with Gasteiger partial charge in [0.15, 0.2) is 17.2 Å². The van der Waals surface area contributed by atoms with E-state index in [1.807, 2.05) is 32.0 Å². The van der Waals surface area contributed by atoms with Crippen molar-refractivity contribution in [3.8, 4) is 28.1 Å². The number of halogens is 2. The van der Waals surface area contributed by atoms with Gasteiger partial charge in [0.05, 0.1) is 16.8 Å². The molecule has 2 heterocycles. The molecular formula is C24H18F2N2O3. The van der Waals surface area contributed by atoms with Crippen molar-refractivity contribution in [1.29, 1.82) is 0 Å². The minimum absolute atomic E-state index is 0.00886. The van der Waals surface area contributed by atoms with Gasteiger partial charge < -0.3 is 4.52 Å². The van der Waals surface area contributed by atoms with Crippen molar-refractivity contribution < 1.29 is 18.1 Å². The summed E-state index contributed by atoms with van der Waals surface area (Å²) >= 11 is 0. The summed E-state index contributed by atoms with van der Waals surface area (Å²) in [7, 11) is 0. The lowest BCUT2D eigenvalue weighted by molar-refractivity contribution is 0.101. The van der Waals surface area contributed by atoms with E-state index < -0.39 is 17.4 Å². The van der Waals surface area contributed by atoms with Crippen molar-refractivity contribution in [2.75, 3.05) is 0 Å². The Morgan fingerprint density at radius 3 is 2.39 bits per heavy atom. The highest BCUT2D eigenvalue weighted by molar-refractivity contribution is 6.02. The van der Waals surface area contributed by atoms with E-state index in [4.69, 9.17) is 4.52 Å². The highest BCUT2D eigenvalue weighted by Gasteiger charge is 2.25. The number of aryl methyl sites for hydroxylation is 2. The van der Waals surface area contributed by atoms with Gasteiger partial charge in [-0.25, -0.2) is 8.78 Å². The molecule has 2 aromatic heterocycles. The second-order valence-electron chi connectivity index (χ2n) is 7.28. The van der Waals surface area contributed by atoms with Gasteiger partial charge in [-0.3, -0.25) is 14.2 Å². The molecule has 0 N–H and O–H groups in total. The van der Waals surface area contributed by atoms with Crippen molar-refractivity contribution in [2.24, 2.45) is 0 Å². The van der Waals surface area contributed by atoms with Gasteiger partial charge in [0.2, 0.25) is 0 Å². The lowest BCUT2D eigenvalue weighted by atomic mass is 9.98. The molecule has 0 aliphatic rings. The van der Waals surface area contributed by atoms with Crippen LogP contribution in [0.4, 0.5) is 8.78 Å². The molecule has 156 valence electrons. The lowest BCUT2D eigenvalue weighted by Crippen LogP contribution is -2.18. The summed E-state index contributed by atoms with van der Waals surface area (Å²) in [5, 5.41) is 3.82. The summed E-state index contributed by atoms with van der Waals surface area (Å²) in [6.45, 7) is 5.09. The number of ketones is 1. The number of carbonyl (C=O) groups is 1. The van der Waals surface area contributed by atoms with Crippen LogP contribution in [0.25, 0.3) is 28.1 Å². The van der Waals surface area contributed by atoms with E-state index in [1.165, 1.54) is 29.7 Å². The van der Waals surface area contributed by atoms with Crippen LogP contribution >= 0.6 is 0 Å². The van der Waals surface area contributed by atoms with E-state index in [1.54, 1.807) is 6.20 Å². The summed E-state index contributed by atoms with van der Waals surface area (Å²) in [6, 6.07) is 11.6. The summed E-state index contributed by atoms with van der Waals surface area (Å²) in [6.07, 6.45) is 1.57. The van der Waals surface area contributed by atoms with Crippen LogP contribution in [0.15, 0.2) is 64.0 Å².